The monoisotopic (exact) mass is 370 g/mol. The van der Waals surface area contributed by atoms with Gasteiger partial charge in [-0.15, -0.1) is 0 Å². The molecule has 1 heterocycles. The van der Waals surface area contributed by atoms with E-state index in [4.69, 9.17) is 4.74 Å². The lowest BCUT2D eigenvalue weighted by molar-refractivity contribution is -0.155. The highest BCUT2D eigenvalue weighted by molar-refractivity contribution is 5.84. The third-order valence-corrected chi connectivity index (χ3v) is 5.62. The molecule has 3 atom stereocenters. The summed E-state index contributed by atoms with van der Waals surface area (Å²) in [4.78, 5) is 27.6. The molecule has 0 radical (unpaired) electrons. The number of aromatic nitrogens is 1. The first-order valence-corrected chi connectivity index (χ1v) is 10.1. The van der Waals surface area contributed by atoms with Crippen LogP contribution in [0.15, 0.2) is 30.5 Å². The number of ether oxygens (including phenoxy) is 1. The molecule has 0 unspecified atom stereocenters. The molecule has 1 aromatic carbocycles. The van der Waals surface area contributed by atoms with Crippen LogP contribution in [-0.2, 0) is 20.7 Å². The molecule has 1 aliphatic carbocycles. The molecular weight excluding hydrogens is 340 g/mol. The van der Waals surface area contributed by atoms with Gasteiger partial charge in [-0.3, -0.25) is 9.59 Å². The Morgan fingerprint density at radius 3 is 2.85 bits per heavy atom. The highest BCUT2D eigenvalue weighted by atomic mass is 16.5. The molecule has 5 nitrogen and oxygen atoms in total. The normalized spacial score (nSPS) is 21.0. The van der Waals surface area contributed by atoms with Gasteiger partial charge in [0.25, 0.3) is 5.91 Å². The maximum absolute atomic E-state index is 12.3. The molecule has 1 fully saturated rings. The molecule has 0 aliphatic heterocycles. The second kappa shape index (κ2) is 9.07. The molecule has 0 bridgehead atoms. The Balaban J connectivity index is 1.41. The summed E-state index contributed by atoms with van der Waals surface area (Å²) in [6, 6.07) is 8.34. The number of H-pyrrole nitrogens is 1. The van der Waals surface area contributed by atoms with E-state index in [2.05, 4.69) is 23.3 Å². The van der Waals surface area contributed by atoms with Crippen LogP contribution in [0.4, 0.5) is 0 Å². The van der Waals surface area contributed by atoms with Crippen LogP contribution in [0.5, 0.6) is 0 Å². The minimum Gasteiger partial charge on any atom is -0.453 e. The van der Waals surface area contributed by atoms with Crippen LogP contribution in [0.25, 0.3) is 10.9 Å². The standard InChI is InChI=1S/C22H30N2O3/c1-15-8-3-5-11-19(15)24-22(26)16(2)27-21(25)13-7-9-17-14-23-20-12-6-4-10-18(17)20/h4,6,10,12,14-16,19,23H,3,5,7-9,11,13H2,1-2H3,(H,24,26)/t15-,16+,19-/m0/s1. The predicted molar refractivity (Wildman–Crippen MR) is 106 cm³/mol. The molecule has 1 saturated carbocycles. The van der Waals surface area contributed by atoms with Crippen molar-refractivity contribution >= 4 is 22.8 Å². The Bertz CT molecular complexity index is 783. The van der Waals surface area contributed by atoms with Gasteiger partial charge in [-0.05, 0) is 50.2 Å². The third-order valence-electron chi connectivity index (χ3n) is 5.62. The van der Waals surface area contributed by atoms with E-state index in [1.807, 2.05) is 24.4 Å². The van der Waals surface area contributed by atoms with Crippen LogP contribution in [0.2, 0.25) is 0 Å². The summed E-state index contributed by atoms with van der Waals surface area (Å²) in [5.41, 5.74) is 2.31. The van der Waals surface area contributed by atoms with Crippen molar-refractivity contribution in [2.75, 3.05) is 0 Å². The Labute approximate surface area is 160 Å². The van der Waals surface area contributed by atoms with E-state index in [1.54, 1.807) is 6.92 Å². The number of hydrogen-bond donors (Lipinski definition) is 2. The first kappa shape index (κ1) is 19.5. The number of hydrogen-bond acceptors (Lipinski definition) is 3. The number of para-hydroxylation sites is 1. The number of esters is 1. The maximum atomic E-state index is 12.3. The zero-order chi connectivity index (χ0) is 19.2. The molecule has 0 spiro atoms. The lowest BCUT2D eigenvalue weighted by Gasteiger charge is -2.30. The van der Waals surface area contributed by atoms with Crippen LogP contribution in [0, 0.1) is 5.92 Å². The zero-order valence-corrected chi connectivity index (χ0v) is 16.3. The fourth-order valence-electron chi connectivity index (χ4n) is 3.90. The van der Waals surface area contributed by atoms with Gasteiger partial charge < -0.3 is 15.0 Å². The van der Waals surface area contributed by atoms with E-state index < -0.39 is 6.10 Å². The minimum atomic E-state index is -0.736. The van der Waals surface area contributed by atoms with Crippen LogP contribution in [0.1, 0.15) is 57.9 Å². The fraction of sp³-hybridized carbons (Fsp3) is 0.545. The van der Waals surface area contributed by atoms with Gasteiger partial charge >= 0.3 is 5.97 Å². The molecular formula is C22H30N2O3. The van der Waals surface area contributed by atoms with Crippen LogP contribution < -0.4 is 5.32 Å². The number of aryl methyl sites for hydroxylation is 1. The van der Waals surface area contributed by atoms with Crippen molar-refractivity contribution < 1.29 is 14.3 Å². The summed E-state index contributed by atoms with van der Waals surface area (Å²) in [5, 5.41) is 4.25. The van der Waals surface area contributed by atoms with E-state index in [0.717, 1.165) is 31.2 Å². The van der Waals surface area contributed by atoms with E-state index in [1.165, 1.54) is 17.4 Å². The SMILES string of the molecule is C[C@@H](OC(=O)CCCc1c[nH]c2ccccc12)C(=O)N[C@H]1CCCC[C@@H]1C. The molecule has 5 heteroatoms. The summed E-state index contributed by atoms with van der Waals surface area (Å²) in [5.74, 6) is -0.00492. The van der Waals surface area contributed by atoms with Crippen molar-refractivity contribution in [2.24, 2.45) is 5.92 Å². The van der Waals surface area contributed by atoms with Gasteiger partial charge in [0.2, 0.25) is 0 Å². The average Bonchev–Trinajstić information content (AvgIpc) is 3.07. The van der Waals surface area contributed by atoms with Crippen molar-refractivity contribution in [1.82, 2.24) is 10.3 Å². The molecule has 27 heavy (non-hydrogen) atoms. The largest absolute Gasteiger partial charge is 0.453 e. The first-order valence-electron chi connectivity index (χ1n) is 10.1. The number of fused-ring (bicyclic) bond motifs is 1. The smallest absolute Gasteiger partial charge is 0.306 e. The molecule has 3 rings (SSSR count). The second-order valence-electron chi connectivity index (χ2n) is 7.72. The van der Waals surface area contributed by atoms with Crippen LogP contribution in [-0.4, -0.2) is 29.0 Å². The highest BCUT2D eigenvalue weighted by Gasteiger charge is 2.26. The van der Waals surface area contributed by atoms with Crippen molar-refractivity contribution in [3.63, 3.8) is 0 Å². The van der Waals surface area contributed by atoms with Gasteiger partial charge in [0.05, 0.1) is 0 Å². The van der Waals surface area contributed by atoms with E-state index in [-0.39, 0.29) is 17.9 Å². The second-order valence-corrected chi connectivity index (χ2v) is 7.72. The van der Waals surface area contributed by atoms with Crippen molar-refractivity contribution in [3.8, 4) is 0 Å². The number of nitrogens with one attached hydrogen (secondary N) is 2. The molecule has 1 amide bonds. The summed E-state index contributed by atoms with van der Waals surface area (Å²) in [6.45, 7) is 3.83. The predicted octanol–water partition coefficient (Wildman–Crippen LogP) is 4.12. The number of aromatic amines is 1. The van der Waals surface area contributed by atoms with E-state index in [9.17, 15) is 9.59 Å². The number of carbonyl (C=O) groups excluding carboxylic acids is 2. The topological polar surface area (TPSA) is 71.2 Å². The molecule has 1 aromatic heterocycles. The van der Waals surface area contributed by atoms with Gasteiger partial charge in [-0.2, -0.15) is 0 Å². The first-order chi connectivity index (χ1) is 13.0. The lowest BCUT2D eigenvalue weighted by atomic mass is 9.86. The van der Waals surface area contributed by atoms with E-state index >= 15 is 0 Å². The zero-order valence-electron chi connectivity index (χ0n) is 16.3. The van der Waals surface area contributed by atoms with Crippen molar-refractivity contribution in [2.45, 2.75) is 70.9 Å². The highest BCUT2D eigenvalue weighted by Crippen LogP contribution is 2.24. The van der Waals surface area contributed by atoms with Crippen molar-refractivity contribution in [1.29, 1.82) is 0 Å². The summed E-state index contributed by atoms with van der Waals surface area (Å²) in [6.07, 6.45) is 7.62. The van der Waals surface area contributed by atoms with Crippen LogP contribution >= 0.6 is 0 Å². The Morgan fingerprint density at radius 1 is 1.26 bits per heavy atom. The van der Waals surface area contributed by atoms with Gasteiger partial charge in [0, 0.05) is 29.6 Å². The maximum Gasteiger partial charge on any atom is 0.306 e. The van der Waals surface area contributed by atoms with Gasteiger partial charge in [-0.1, -0.05) is 38.0 Å². The van der Waals surface area contributed by atoms with Gasteiger partial charge in [-0.25, -0.2) is 0 Å². The fourth-order valence-corrected chi connectivity index (χ4v) is 3.90. The molecule has 146 valence electrons. The molecule has 1 aliphatic rings. The average molecular weight is 370 g/mol. The number of amides is 1. The Kier molecular flexibility index (Phi) is 6.54. The third kappa shape index (κ3) is 5.12. The summed E-state index contributed by atoms with van der Waals surface area (Å²) < 4.78 is 5.34. The quantitative estimate of drug-likeness (QED) is 0.720. The Hall–Kier alpha value is -2.30. The number of rotatable bonds is 7. The Morgan fingerprint density at radius 2 is 2.04 bits per heavy atom. The number of benzene rings is 1. The van der Waals surface area contributed by atoms with Crippen molar-refractivity contribution in [3.05, 3.63) is 36.0 Å². The molecule has 0 saturated heterocycles. The van der Waals surface area contributed by atoms with Crippen LogP contribution in [0.3, 0.4) is 0 Å². The summed E-state index contributed by atoms with van der Waals surface area (Å²) >= 11 is 0. The van der Waals surface area contributed by atoms with Gasteiger partial charge in [0.15, 0.2) is 6.10 Å². The molecule has 2 aromatic rings. The molecule has 2 N–H and O–H groups in total. The lowest BCUT2D eigenvalue weighted by Crippen LogP contribution is -2.45. The minimum absolute atomic E-state index is 0.182. The number of carbonyl (C=O) groups is 2. The van der Waals surface area contributed by atoms with Gasteiger partial charge in [0.1, 0.15) is 0 Å². The summed E-state index contributed by atoms with van der Waals surface area (Å²) in [7, 11) is 0. The van der Waals surface area contributed by atoms with E-state index in [0.29, 0.717) is 18.8 Å².